The van der Waals surface area contributed by atoms with Crippen molar-refractivity contribution in [3.8, 4) is 16.9 Å². The van der Waals surface area contributed by atoms with E-state index in [-0.39, 0.29) is 30.0 Å². The van der Waals surface area contributed by atoms with Gasteiger partial charge in [-0.1, -0.05) is 12.1 Å². The number of nitrogens with one attached hydrogen (secondary N) is 3. The summed E-state index contributed by atoms with van der Waals surface area (Å²) in [6.07, 6.45) is 10.1. The number of H-pyrrole nitrogens is 1. The van der Waals surface area contributed by atoms with Crippen LogP contribution in [0.1, 0.15) is 49.5 Å². The molecule has 1 aliphatic rings. The second-order valence-corrected chi connectivity index (χ2v) is 11.6. The first kappa shape index (κ1) is 31.5. The standard InChI is InChI=1S/C35H39FN6O3/c1-21(2)45-29-14-23(18-38-22(3)30(9-6-12-37)35(44)42(4)28-8-5-7-26(36)17-28)13-24(15-29)32-20-40-33-31(32)16-25(19-39-33)34(43)41-27-10-11-27/h5-9,12-17,19-22,27,38H,10-11,18,37H2,1-4H3,(H,39,40)(H,41,43)/b12-6-,30-9+. The molecule has 2 aromatic carbocycles. The Bertz CT molecular complexity index is 1760. The Morgan fingerprint density at radius 1 is 1.18 bits per heavy atom. The number of aromatic amines is 1. The molecule has 0 spiro atoms. The van der Waals surface area contributed by atoms with Crippen LogP contribution in [0.3, 0.4) is 0 Å². The van der Waals surface area contributed by atoms with Crippen molar-refractivity contribution in [2.24, 2.45) is 5.73 Å². The zero-order chi connectivity index (χ0) is 32.1. The number of nitrogens with zero attached hydrogens (tertiary/aromatic N) is 2. The zero-order valence-corrected chi connectivity index (χ0v) is 25.9. The van der Waals surface area contributed by atoms with Crippen molar-refractivity contribution in [2.75, 3.05) is 11.9 Å². The number of anilines is 1. The second-order valence-electron chi connectivity index (χ2n) is 11.6. The lowest BCUT2D eigenvalue weighted by Gasteiger charge is -2.23. The number of amides is 2. The van der Waals surface area contributed by atoms with E-state index in [1.807, 2.05) is 45.2 Å². The Balaban J connectivity index is 1.41. The molecule has 5 rings (SSSR count). The highest BCUT2D eigenvalue weighted by Gasteiger charge is 2.25. The molecule has 45 heavy (non-hydrogen) atoms. The summed E-state index contributed by atoms with van der Waals surface area (Å²) in [6.45, 7) is 6.24. The quantitative estimate of drug-likeness (QED) is 0.122. The molecule has 1 atom stereocenters. The molecule has 1 fully saturated rings. The maximum atomic E-state index is 13.9. The van der Waals surface area contributed by atoms with E-state index in [0.717, 1.165) is 34.9 Å². The highest BCUT2D eigenvalue weighted by molar-refractivity contribution is 6.06. The third kappa shape index (κ3) is 7.77. The third-order valence-corrected chi connectivity index (χ3v) is 7.57. The lowest BCUT2D eigenvalue weighted by Crippen LogP contribution is -2.37. The van der Waals surface area contributed by atoms with Crippen molar-refractivity contribution in [1.29, 1.82) is 0 Å². The molecular weight excluding hydrogens is 571 g/mol. The number of fused-ring (bicyclic) bond motifs is 1. The topological polar surface area (TPSA) is 125 Å². The van der Waals surface area contributed by atoms with Crippen molar-refractivity contribution in [2.45, 2.75) is 58.3 Å². The van der Waals surface area contributed by atoms with E-state index in [0.29, 0.717) is 34.8 Å². The Hall–Kier alpha value is -4.96. The number of carbonyl (C=O) groups excluding carboxylic acids is 2. The number of hydrogen-bond donors (Lipinski definition) is 4. The number of rotatable bonds is 12. The van der Waals surface area contributed by atoms with Crippen LogP contribution in [0.15, 0.2) is 84.8 Å². The SMILES string of the molecule is CC(C)Oc1cc(CNC(C)/C(=C\C=C/N)C(=O)N(C)c2cccc(F)c2)cc(-c2c[nH]c3ncc(C(=O)NC4CC4)cc23)c1. The van der Waals surface area contributed by atoms with Gasteiger partial charge in [0.25, 0.3) is 11.8 Å². The van der Waals surface area contributed by atoms with E-state index in [4.69, 9.17) is 10.5 Å². The normalized spacial score (nSPS) is 14.2. The Labute approximate surface area is 262 Å². The first-order chi connectivity index (χ1) is 21.6. The van der Waals surface area contributed by atoms with Crippen molar-refractivity contribution >= 4 is 28.5 Å². The van der Waals surface area contributed by atoms with Gasteiger partial charge < -0.3 is 31.0 Å². The summed E-state index contributed by atoms with van der Waals surface area (Å²) in [5.74, 6) is -0.140. The van der Waals surface area contributed by atoms with Gasteiger partial charge in [-0.05, 0) is 99.5 Å². The van der Waals surface area contributed by atoms with Crippen molar-refractivity contribution in [3.63, 3.8) is 0 Å². The molecule has 0 bridgehead atoms. The first-order valence-electron chi connectivity index (χ1n) is 15.1. The largest absolute Gasteiger partial charge is 0.491 e. The molecule has 0 radical (unpaired) electrons. The van der Waals surface area contributed by atoms with Gasteiger partial charge in [-0.3, -0.25) is 9.59 Å². The first-order valence-corrected chi connectivity index (χ1v) is 15.1. The molecule has 234 valence electrons. The number of nitrogens with two attached hydrogens (primary N) is 1. The molecule has 0 saturated heterocycles. The number of pyridine rings is 1. The van der Waals surface area contributed by atoms with Gasteiger partial charge in [-0.25, -0.2) is 9.37 Å². The average Bonchev–Trinajstić information content (AvgIpc) is 3.73. The Morgan fingerprint density at radius 2 is 1.98 bits per heavy atom. The molecule has 4 aromatic rings. The van der Waals surface area contributed by atoms with Gasteiger partial charge in [0.2, 0.25) is 0 Å². The summed E-state index contributed by atoms with van der Waals surface area (Å²) < 4.78 is 20.0. The van der Waals surface area contributed by atoms with E-state index in [2.05, 4.69) is 26.7 Å². The van der Waals surface area contributed by atoms with Crippen molar-refractivity contribution in [3.05, 3.63) is 102 Å². The van der Waals surface area contributed by atoms with Crippen molar-refractivity contribution < 1.29 is 18.7 Å². The predicted molar refractivity (Wildman–Crippen MR) is 175 cm³/mol. The zero-order valence-electron chi connectivity index (χ0n) is 25.9. The summed E-state index contributed by atoms with van der Waals surface area (Å²) in [5, 5.41) is 7.31. The molecule has 1 unspecified atom stereocenters. The fourth-order valence-corrected chi connectivity index (χ4v) is 5.06. The summed E-state index contributed by atoms with van der Waals surface area (Å²) in [5.41, 5.74) is 10.4. The summed E-state index contributed by atoms with van der Waals surface area (Å²) in [7, 11) is 1.61. The lowest BCUT2D eigenvalue weighted by molar-refractivity contribution is -0.115. The molecule has 1 saturated carbocycles. The number of hydrogen-bond acceptors (Lipinski definition) is 6. The maximum absolute atomic E-state index is 13.9. The Morgan fingerprint density at radius 3 is 2.69 bits per heavy atom. The molecule has 9 nitrogen and oxygen atoms in total. The van der Waals surface area contributed by atoms with Crippen LogP contribution in [0.25, 0.3) is 22.2 Å². The minimum absolute atomic E-state index is 0.0455. The fourth-order valence-electron chi connectivity index (χ4n) is 5.06. The number of aromatic nitrogens is 2. The lowest BCUT2D eigenvalue weighted by atomic mass is 10.0. The minimum atomic E-state index is -0.422. The van der Waals surface area contributed by atoms with Crippen LogP contribution in [0, 0.1) is 5.82 Å². The summed E-state index contributed by atoms with van der Waals surface area (Å²) in [4.78, 5) is 35.4. The van der Waals surface area contributed by atoms with Gasteiger partial charge in [0.15, 0.2) is 0 Å². The van der Waals surface area contributed by atoms with Gasteiger partial charge >= 0.3 is 0 Å². The van der Waals surface area contributed by atoms with Gasteiger partial charge in [0, 0.05) is 60.3 Å². The van der Waals surface area contributed by atoms with Gasteiger partial charge in [-0.2, -0.15) is 0 Å². The van der Waals surface area contributed by atoms with E-state index < -0.39 is 5.82 Å². The van der Waals surface area contributed by atoms with Crippen LogP contribution >= 0.6 is 0 Å². The van der Waals surface area contributed by atoms with Crippen LogP contribution in [-0.2, 0) is 11.3 Å². The van der Waals surface area contributed by atoms with Gasteiger partial charge in [0.05, 0.1) is 11.7 Å². The minimum Gasteiger partial charge on any atom is -0.491 e. The molecule has 2 aromatic heterocycles. The number of likely N-dealkylation sites (N-methyl/N-ethyl adjacent to an activating group) is 1. The van der Waals surface area contributed by atoms with E-state index in [1.165, 1.54) is 23.2 Å². The van der Waals surface area contributed by atoms with Crippen LogP contribution in [0.4, 0.5) is 10.1 Å². The van der Waals surface area contributed by atoms with E-state index in [1.54, 1.807) is 37.5 Å². The number of carbonyl (C=O) groups is 2. The van der Waals surface area contributed by atoms with Crippen LogP contribution in [-0.4, -0.2) is 47.0 Å². The second kappa shape index (κ2) is 13.8. The van der Waals surface area contributed by atoms with E-state index in [9.17, 15) is 14.0 Å². The third-order valence-electron chi connectivity index (χ3n) is 7.57. The van der Waals surface area contributed by atoms with Gasteiger partial charge in [0.1, 0.15) is 17.2 Å². The smallest absolute Gasteiger partial charge is 0.255 e. The number of benzene rings is 2. The monoisotopic (exact) mass is 610 g/mol. The van der Waals surface area contributed by atoms with Crippen LogP contribution in [0.5, 0.6) is 5.75 Å². The summed E-state index contributed by atoms with van der Waals surface area (Å²) >= 11 is 0. The molecule has 2 heterocycles. The molecule has 2 amide bonds. The maximum Gasteiger partial charge on any atom is 0.255 e. The highest BCUT2D eigenvalue weighted by atomic mass is 19.1. The van der Waals surface area contributed by atoms with Gasteiger partial charge in [-0.15, -0.1) is 0 Å². The molecule has 5 N–H and O–H groups in total. The number of ether oxygens (including phenoxy) is 1. The Kier molecular flexibility index (Phi) is 9.63. The number of halogens is 1. The predicted octanol–water partition coefficient (Wildman–Crippen LogP) is 5.59. The molecule has 10 heteroatoms. The van der Waals surface area contributed by atoms with E-state index >= 15 is 0 Å². The highest BCUT2D eigenvalue weighted by Crippen LogP contribution is 2.33. The van der Waals surface area contributed by atoms with Crippen molar-refractivity contribution in [1.82, 2.24) is 20.6 Å². The van der Waals surface area contributed by atoms with Crippen LogP contribution < -0.4 is 26.0 Å². The fraction of sp³-hybridized carbons (Fsp3) is 0.286. The van der Waals surface area contributed by atoms with Crippen LogP contribution in [0.2, 0.25) is 0 Å². The average molecular weight is 611 g/mol. The molecule has 1 aliphatic carbocycles. The molecule has 0 aliphatic heterocycles. The summed E-state index contributed by atoms with van der Waals surface area (Å²) in [6, 6.07) is 13.6. The number of allylic oxidation sites excluding steroid dienone is 2. The molecular formula is C35H39FN6O3.